The molecule has 0 atom stereocenters. The molecule has 1 heterocycles. The Hall–Kier alpha value is -2.35. The quantitative estimate of drug-likeness (QED) is 0.577. The number of furan rings is 1. The van der Waals surface area contributed by atoms with E-state index in [4.69, 9.17) is 4.42 Å². The highest BCUT2D eigenvalue weighted by molar-refractivity contribution is 8.00. The minimum atomic E-state index is -0.704. The summed E-state index contributed by atoms with van der Waals surface area (Å²) < 4.78 is 36.5. The Labute approximate surface area is 147 Å². The first-order valence-electron chi connectivity index (χ1n) is 7.31. The summed E-state index contributed by atoms with van der Waals surface area (Å²) in [5.74, 6) is -1.31. The number of halogens is 2. The molecule has 0 spiro atoms. The van der Waals surface area contributed by atoms with Gasteiger partial charge in [0, 0.05) is 18.0 Å². The van der Waals surface area contributed by atoms with Gasteiger partial charge in [-0.3, -0.25) is 4.79 Å². The molecule has 5 nitrogen and oxygen atoms in total. The number of ether oxygens (including phenoxy) is 1. The molecule has 2 rings (SSSR count). The number of carbonyl (C=O) groups excluding carboxylic acids is 2. The van der Waals surface area contributed by atoms with E-state index in [9.17, 15) is 18.4 Å². The van der Waals surface area contributed by atoms with Crippen molar-refractivity contribution in [2.45, 2.75) is 18.4 Å². The number of amides is 1. The number of benzene rings is 1. The molecule has 8 heteroatoms. The third-order valence-corrected chi connectivity index (χ3v) is 4.47. The number of thioether (sulfide) groups is 1. The molecule has 2 aromatic rings. The molecule has 0 fully saturated rings. The van der Waals surface area contributed by atoms with E-state index in [0.29, 0.717) is 17.1 Å². The van der Waals surface area contributed by atoms with Crippen LogP contribution in [-0.4, -0.2) is 36.7 Å². The molecule has 1 amide bonds. The fraction of sp³-hybridized carbons (Fsp3) is 0.294. The topological polar surface area (TPSA) is 59.8 Å². The minimum Gasteiger partial charge on any atom is -0.465 e. The predicted octanol–water partition coefficient (Wildman–Crippen LogP) is 3.40. The van der Waals surface area contributed by atoms with E-state index in [-0.39, 0.29) is 23.1 Å². The molecule has 25 heavy (non-hydrogen) atoms. The molecular weight excluding hydrogens is 352 g/mol. The Balaban J connectivity index is 1.95. The summed E-state index contributed by atoms with van der Waals surface area (Å²) in [6, 6.07) is 4.73. The highest BCUT2D eigenvalue weighted by Crippen LogP contribution is 2.23. The maximum Gasteiger partial charge on any atom is 0.341 e. The zero-order valence-corrected chi connectivity index (χ0v) is 14.8. The lowest BCUT2D eigenvalue weighted by Gasteiger charge is -2.15. The van der Waals surface area contributed by atoms with Crippen molar-refractivity contribution in [3.05, 3.63) is 53.0 Å². The van der Waals surface area contributed by atoms with E-state index >= 15 is 0 Å². The second-order valence-corrected chi connectivity index (χ2v) is 6.30. The van der Waals surface area contributed by atoms with Crippen LogP contribution < -0.4 is 0 Å². The van der Waals surface area contributed by atoms with Crippen molar-refractivity contribution in [3.8, 4) is 0 Å². The van der Waals surface area contributed by atoms with Crippen molar-refractivity contribution in [1.29, 1.82) is 0 Å². The zero-order valence-electron chi connectivity index (χ0n) is 14.0. The van der Waals surface area contributed by atoms with Gasteiger partial charge in [0.25, 0.3) is 0 Å². The van der Waals surface area contributed by atoms with Crippen molar-refractivity contribution in [1.82, 2.24) is 4.90 Å². The first-order valence-corrected chi connectivity index (χ1v) is 8.29. The third kappa shape index (κ3) is 4.82. The normalized spacial score (nSPS) is 10.6. The lowest BCUT2D eigenvalue weighted by atomic mass is 10.2. The van der Waals surface area contributed by atoms with E-state index < -0.39 is 17.6 Å². The first kappa shape index (κ1) is 19.0. The molecule has 0 aliphatic heterocycles. The predicted molar refractivity (Wildman–Crippen MR) is 88.3 cm³/mol. The molecule has 0 aliphatic rings. The maximum absolute atomic E-state index is 13.6. The first-order chi connectivity index (χ1) is 11.8. The van der Waals surface area contributed by atoms with E-state index in [1.807, 2.05) is 0 Å². The SMILES string of the molecule is COC(=O)c1cc(CN(C)C(=O)CSc2ccc(F)cc2F)oc1C. The van der Waals surface area contributed by atoms with E-state index in [1.165, 1.54) is 24.1 Å². The number of hydrogen-bond acceptors (Lipinski definition) is 5. The summed E-state index contributed by atoms with van der Waals surface area (Å²) in [5.41, 5.74) is 0.307. The van der Waals surface area contributed by atoms with Gasteiger partial charge < -0.3 is 14.1 Å². The summed E-state index contributed by atoms with van der Waals surface area (Å²) in [6.45, 7) is 1.79. The summed E-state index contributed by atoms with van der Waals surface area (Å²) in [6.07, 6.45) is 0. The van der Waals surface area contributed by atoms with Crippen LogP contribution in [0, 0.1) is 18.6 Å². The molecule has 0 saturated carbocycles. The second kappa shape index (κ2) is 8.15. The van der Waals surface area contributed by atoms with Crippen LogP contribution in [0.2, 0.25) is 0 Å². The average Bonchev–Trinajstić information content (AvgIpc) is 2.93. The largest absolute Gasteiger partial charge is 0.465 e. The molecule has 0 unspecified atom stereocenters. The van der Waals surface area contributed by atoms with Crippen molar-refractivity contribution in [3.63, 3.8) is 0 Å². The van der Waals surface area contributed by atoms with Gasteiger partial charge in [0.05, 0.1) is 19.4 Å². The summed E-state index contributed by atoms with van der Waals surface area (Å²) in [4.78, 5) is 25.3. The number of hydrogen-bond donors (Lipinski definition) is 0. The number of rotatable bonds is 6. The van der Waals surface area contributed by atoms with E-state index in [1.54, 1.807) is 14.0 Å². The van der Waals surface area contributed by atoms with Crippen LogP contribution in [0.15, 0.2) is 33.6 Å². The molecule has 134 valence electrons. The van der Waals surface area contributed by atoms with Crippen LogP contribution in [0.25, 0.3) is 0 Å². The molecule has 0 saturated heterocycles. The van der Waals surface area contributed by atoms with Crippen molar-refractivity contribution < 1.29 is 27.5 Å². The molecule has 0 aliphatic carbocycles. The highest BCUT2D eigenvalue weighted by atomic mass is 32.2. The Morgan fingerprint density at radius 3 is 2.64 bits per heavy atom. The van der Waals surface area contributed by atoms with Crippen LogP contribution in [0.1, 0.15) is 21.9 Å². The van der Waals surface area contributed by atoms with Crippen molar-refractivity contribution in [2.24, 2.45) is 0 Å². The number of nitrogens with zero attached hydrogens (tertiary/aromatic N) is 1. The van der Waals surface area contributed by atoms with Crippen LogP contribution in [0.4, 0.5) is 8.78 Å². The van der Waals surface area contributed by atoms with Gasteiger partial charge in [0.15, 0.2) is 0 Å². The third-order valence-electron chi connectivity index (χ3n) is 3.44. The number of esters is 1. The van der Waals surface area contributed by atoms with E-state index in [2.05, 4.69) is 4.74 Å². The fourth-order valence-electron chi connectivity index (χ4n) is 2.10. The Morgan fingerprint density at radius 2 is 2.00 bits per heavy atom. The fourth-order valence-corrected chi connectivity index (χ4v) is 2.96. The van der Waals surface area contributed by atoms with Crippen LogP contribution in [0.5, 0.6) is 0 Å². The molecule has 1 aromatic heterocycles. The number of aryl methyl sites for hydroxylation is 1. The van der Waals surface area contributed by atoms with Crippen molar-refractivity contribution >= 4 is 23.6 Å². The smallest absolute Gasteiger partial charge is 0.341 e. The van der Waals surface area contributed by atoms with Gasteiger partial charge in [-0.05, 0) is 25.1 Å². The molecular formula is C17H17F2NO4S. The van der Waals surface area contributed by atoms with Gasteiger partial charge in [0.1, 0.15) is 28.7 Å². The zero-order chi connectivity index (χ0) is 18.6. The molecule has 0 bridgehead atoms. The second-order valence-electron chi connectivity index (χ2n) is 5.29. The summed E-state index contributed by atoms with van der Waals surface area (Å²) in [5, 5.41) is 0. The lowest BCUT2D eigenvalue weighted by molar-refractivity contribution is -0.127. The van der Waals surface area contributed by atoms with Gasteiger partial charge >= 0.3 is 5.97 Å². The Bertz CT molecular complexity index is 791. The molecule has 1 aromatic carbocycles. The molecule has 0 radical (unpaired) electrons. The minimum absolute atomic E-state index is 0.0113. The Kier molecular flexibility index (Phi) is 6.19. The van der Waals surface area contributed by atoms with Gasteiger partial charge in [-0.2, -0.15) is 0 Å². The van der Waals surface area contributed by atoms with Crippen LogP contribution >= 0.6 is 11.8 Å². The van der Waals surface area contributed by atoms with Gasteiger partial charge in [0.2, 0.25) is 5.91 Å². The van der Waals surface area contributed by atoms with E-state index in [0.717, 1.165) is 23.9 Å². The number of methoxy groups -OCH3 is 1. The highest BCUT2D eigenvalue weighted by Gasteiger charge is 2.18. The standard InChI is InChI=1S/C17H17F2NO4S/c1-10-13(17(22)23-3)7-12(24-10)8-20(2)16(21)9-25-15-5-4-11(18)6-14(15)19/h4-7H,8-9H2,1-3H3. The monoisotopic (exact) mass is 369 g/mol. The lowest BCUT2D eigenvalue weighted by Crippen LogP contribution is -2.27. The average molecular weight is 369 g/mol. The molecule has 0 N–H and O–H groups in total. The van der Waals surface area contributed by atoms with Crippen molar-refractivity contribution in [2.75, 3.05) is 19.9 Å². The van der Waals surface area contributed by atoms with Crippen LogP contribution in [-0.2, 0) is 16.1 Å². The van der Waals surface area contributed by atoms with Gasteiger partial charge in [-0.25, -0.2) is 13.6 Å². The number of carbonyl (C=O) groups is 2. The Morgan fingerprint density at radius 1 is 1.28 bits per heavy atom. The van der Waals surface area contributed by atoms with Crippen LogP contribution in [0.3, 0.4) is 0 Å². The summed E-state index contributed by atoms with van der Waals surface area (Å²) in [7, 11) is 2.84. The summed E-state index contributed by atoms with van der Waals surface area (Å²) >= 11 is 0.982. The van der Waals surface area contributed by atoms with Gasteiger partial charge in [-0.15, -0.1) is 11.8 Å². The van der Waals surface area contributed by atoms with Gasteiger partial charge in [-0.1, -0.05) is 0 Å². The maximum atomic E-state index is 13.6.